The zero-order valence-corrected chi connectivity index (χ0v) is 13.0. The van der Waals surface area contributed by atoms with Gasteiger partial charge in [0.2, 0.25) is 0 Å². The Labute approximate surface area is 126 Å². The summed E-state index contributed by atoms with van der Waals surface area (Å²) in [4.78, 5) is 13.4. The van der Waals surface area contributed by atoms with E-state index in [0.717, 1.165) is 18.7 Å². The lowest BCUT2D eigenvalue weighted by molar-refractivity contribution is -0.384. The van der Waals surface area contributed by atoms with Gasteiger partial charge in [-0.2, -0.15) is 0 Å². The van der Waals surface area contributed by atoms with E-state index in [9.17, 15) is 10.1 Å². The molecule has 1 fully saturated rings. The highest BCUT2D eigenvalue weighted by molar-refractivity contribution is 5.62. The molecule has 0 aliphatic heterocycles. The summed E-state index contributed by atoms with van der Waals surface area (Å²) in [5, 5.41) is 14.3. The SMILES string of the molecule is CCNc1ccc(CN(CC)C2CCCC2)cc1[N+](=O)[O-]. The van der Waals surface area contributed by atoms with Crippen LogP contribution >= 0.6 is 0 Å². The first-order valence-electron chi connectivity index (χ1n) is 7.91. The van der Waals surface area contributed by atoms with E-state index in [0.29, 0.717) is 18.3 Å². The molecule has 1 N–H and O–H groups in total. The van der Waals surface area contributed by atoms with Crippen molar-refractivity contribution in [2.45, 2.75) is 52.1 Å². The number of benzene rings is 1. The van der Waals surface area contributed by atoms with Crippen molar-refractivity contribution in [2.75, 3.05) is 18.4 Å². The van der Waals surface area contributed by atoms with Gasteiger partial charge in [-0.25, -0.2) is 0 Å². The smallest absolute Gasteiger partial charge is 0.292 e. The first kappa shape index (κ1) is 15.8. The highest BCUT2D eigenvalue weighted by Gasteiger charge is 2.22. The second-order valence-electron chi connectivity index (χ2n) is 5.64. The van der Waals surface area contributed by atoms with Crippen LogP contribution in [0.2, 0.25) is 0 Å². The van der Waals surface area contributed by atoms with Gasteiger partial charge in [0, 0.05) is 25.2 Å². The number of rotatable bonds is 7. The summed E-state index contributed by atoms with van der Waals surface area (Å²) in [7, 11) is 0. The predicted molar refractivity (Wildman–Crippen MR) is 85.6 cm³/mol. The quantitative estimate of drug-likeness (QED) is 0.613. The first-order valence-corrected chi connectivity index (χ1v) is 7.91. The van der Waals surface area contributed by atoms with Crippen molar-refractivity contribution in [3.8, 4) is 0 Å². The average Bonchev–Trinajstić information content (AvgIpc) is 3.00. The molecule has 1 aliphatic rings. The summed E-state index contributed by atoms with van der Waals surface area (Å²) in [5.74, 6) is 0. The lowest BCUT2D eigenvalue weighted by Crippen LogP contribution is -2.32. The van der Waals surface area contributed by atoms with Gasteiger partial charge >= 0.3 is 0 Å². The van der Waals surface area contributed by atoms with E-state index in [1.807, 2.05) is 19.1 Å². The molecule has 5 nitrogen and oxygen atoms in total. The summed E-state index contributed by atoms with van der Waals surface area (Å²) in [6, 6.07) is 6.19. The van der Waals surface area contributed by atoms with Gasteiger partial charge in [0.15, 0.2) is 0 Å². The molecular weight excluding hydrogens is 266 g/mol. The Bertz CT molecular complexity index is 484. The molecule has 0 aromatic heterocycles. The molecule has 0 heterocycles. The third-order valence-corrected chi connectivity index (χ3v) is 4.26. The number of hydrogen-bond acceptors (Lipinski definition) is 4. The Morgan fingerprint density at radius 1 is 1.33 bits per heavy atom. The summed E-state index contributed by atoms with van der Waals surface area (Å²) in [5.41, 5.74) is 1.81. The minimum Gasteiger partial charge on any atom is -0.380 e. The van der Waals surface area contributed by atoms with Crippen molar-refractivity contribution in [3.63, 3.8) is 0 Å². The zero-order chi connectivity index (χ0) is 15.2. The lowest BCUT2D eigenvalue weighted by Gasteiger charge is -2.27. The van der Waals surface area contributed by atoms with E-state index in [2.05, 4.69) is 17.1 Å². The van der Waals surface area contributed by atoms with Crippen molar-refractivity contribution in [1.29, 1.82) is 0 Å². The van der Waals surface area contributed by atoms with E-state index in [4.69, 9.17) is 0 Å². The number of nitro groups is 1. The Morgan fingerprint density at radius 3 is 2.62 bits per heavy atom. The van der Waals surface area contributed by atoms with Gasteiger partial charge in [0.05, 0.1) is 4.92 Å². The van der Waals surface area contributed by atoms with Gasteiger partial charge in [-0.3, -0.25) is 15.0 Å². The monoisotopic (exact) mass is 291 g/mol. The van der Waals surface area contributed by atoms with Crippen molar-refractivity contribution in [3.05, 3.63) is 33.9 Å². The molecule has 0 atom stereocenters. The number of anilines is 1. The second kappa shape index (κ2) is 7.41. The lowest BCUT2D eigenvalue weighted by atomic mass is 10.1. The normalized spacial score (nSPS) is 15.6. The minimum atomic E-state index is -0.298. The van der Waals surface area contributed by atoms with Crippen LogP contribution in [0.3, 0.4) is 0 Å². The molecule has 1 aromatic rings. The standard InChI is InChI=1S/C16H25N3O2/c1-3-17-15-10-9-13(11-16(15)19(20)21)12-18(4-2)14-7-5-6-8-14/h9-11,14,17H,3-8,12H2,1-2H3. The molecule has 1 aromatic carbocycles. The average molecular weight is 291 g/mol. The van der Waals surface area contributed by atoms with E-state index in [-0.39, 0.29) is 10.6 Å². The number of nitrogens with one attached hydrogen (secondary N) is 1. The third kappa shape index (κ3) is 3.94. The summed E-state index contributed by atoms with van der Waals surface area (Å²) >= 11 is 0. The molecule has 1 aliphatic carbocycles. The van der Waals surface area contributed by atoms with Crippen molar-refractivity contribution < 1.29 is 4.92 Å². The Morgan fingerprint density at radius 2 is 2.05 bits per heavy atom. The number of nitrogens with zero attached hydrogens (tertiary/aromatic N) is 2. The van der Waals surface area contributed by atoms with E-state index in [1.165, 1.54) is 25.7 Å². The van der Waals surface area contributed by atoms with E-state index >= 15 is 0 Å². The number of nitro benzene ring substituents is 1. The molecule has 0 saturated heterocycles. The van der Waals surface area contributed by atoms with Crippen LogP contribution in [0.25, 0.3) is 0 Å². The third-order valence-electron chi connectivity index (χ3n) is 4.26. The molecule has 1 saturated carbocycles. The van der Waals surface area contributed by atoms with Crippen LogP contribution in [0.4, 0.5) is 11.4 Å². The largest absolute Gasteiger partial charge is 0.380 e. The Hall–Kier alpha value is -1.62. The van der Waals surface area contributed by atoms with Gasteiger partial charge < -0.3 is 5.32 Å². The van der Waals surface area contributed by atoms with E-state index in [1.54, 1.807) is 6.07 Å². The van der Waals surface area contributed by atoms with Crippen LogP contribution in [-0.4, -0.2) is 29.0 Å². The van der Waals surface area contributed by atoms with Crippen molar-refractivity contribution >= 4 is 11.4 Å². The maximum absolute atomic E-state index is 11.2. The van der Waals surface area contributed by atoms with Gasteiger partial charge in [0.25, 0.3) is 5.69 Å². The van der Waals surface area contributed by atoms with Crippen LogP contribution in [0, 0.1) is 10.1 Å². The molecule has 0 spiro atoms. The topological polar surface area (TPSA) is 58.4 Å². The fourth-order valence-corrected chi connectivity index (χ4v) is 3.17. The van der Waals surface area contributed by atoms with Gasteiger partial charge in [0.1, 0.15) is 5.69 Å². The first-order chi connectivity index (χ1) is 10.2. The van der Waals surface area contributed by atoms with Gasteiger partial charge in [-0.05, 0) is 37.9 Å². The molecule has 2 rings (SSSR count). The highest BCUT2D eigenvalue weighted by atomic mass is 16.6. The summed E-state index contributed by atoms with van der Waals surface area (Å²) in [6.45, 7) is 6.58. The Kier molecular flexibility index (Phi) is 5.56. The minimum absolute atomic E-state index is 0.178. The highest BCUT2D eigenvalue weighted by Crippen LogP contribution is 2.28. The molecule has 0 bridgehead atoms. The predicted octanol–water partition coefficient (Wildman–Crippen LogP) is 3.79. The van der Waals surface area contributed by atoms with Crippen LogP contribution in [-0.2, 0) is 6.54 Å². The van der Waals surface area contributed by atoms with Crippen LogP contribution in [0.1, 0.15) is 45.1 Å². The van der Waals surface area contributed by atoms with E-state index < -0.39 is 0 Å². The summed E-state index contributed by atoms with van der Waals surface area (Å²) < 4.78 is 0. The van der Waals surface area contributed by atoms with Crippen molar-refractivity contribution in [2.24, 2.45) is 0 Å². The van der Waals surface area contributed by atoms with Crippen LogP contribution < -0.4 is 5.32 Å². The maximum atomic E-state index is 11.2. The van der Waals surface area contributed by atoms with Gasteiger partial charge in [-0.1, -0.05) is 25.8 Å². The van der Waals surface area contributed by atoms with Crippen LogP contribution in [0.5, 0.6) is 0 Å². The van der Waals surface area contributed by atoms with Crippen LogP contribution in [0.15, 0.2) is 18.2 Å². The fourth-order valence-electron chi connectivity index (χ4n) is 3.17. The number of hydrogen-bond donors (Lipinski definition) is 1. The summed E-state index contributed by atoms with van der Waals surface area (Å²) in [6.07, 6.45) is 5.12. The fraction of sp³-hybridized carbons (Fsp3) is 0.625. The van der Waals surface area contributed by atoms with Gasteiger partial charge in [-0.15, -0.1) is 0 Å². The molecule has 21 heavy (non-hydrogen) atoms. The molecule has 0 amide bonds. The molecule has 0 unspecified atom stereocenters. The maximum Gasteiger partial charge on any atom is 0.292 e. The molecular formula is C16H25N3O2. The van der Waals surface area contributed by atoms with Crippen molar-refractivity contribution in [1.82, 2.24) is 4.90 Å². The Balaban J connectivity index is 2.15. The zero-order valence-electron chi connectivity index (χ0n) is 13.0. The second-order valence-corrected chi connectivity index (χ2v) is 5.64. The molecule has 0 radical (unpaired) electrons. The molecule has 5 heteroatoms. The molecule has 116 valence electrons.